The summed E-state index contributed by atoms with van der Waals surface area (Å²) in [6.07, 6.45) is 1.60. The van der Waals surface area contributed by atoms with Crippen LogP contribution in [0.5, 0.6) is 5.75 Å². The van der Waals surface area contributed by atoms with Gasteiger partial charge >= 0.3 is 0 Å². The van der Waals surface area contributed by atoms with Crippen molar-refractivity contribution in [1.29, 1.82) is 0 Å². The highest BCUT2D eigenvalue weighted by Crippen LogP contribution is 2.34. The SMILES string of the molecule is CCC(C)c1ccc(Cn2c(C3CC(=O)N(c4ccc(OC)cc4)C3)nc3ccccc32)cc1. The number of hydrogen-bond acceptors (Lipinski definition) is 3. The lowest BCUT2D eigenvalue weighted by Crippen LogP contribution is -2.24. The fourth-order valence-electron chi connectivity index (χ4n) is 4.83. The summed E-state index contributed by atoms with van der Waals surface area (Å²) in [7, 11) is 1.65. The molecule has 0 N–H and O–H groups in total. The number of anilines is 1. The lowest BCUT2D eigenvalue weighted by atomic mass is 9.97. The summed E-state index contributed by atoms with van der Waals surface area (Å²) in [5, 5.41) is 0. The maximum atomic E-state index is 13.0. The molecule has 0 aliphatic carbocycles. The Kier molecular flexibility index (Phi) is 6.10. The second-order valence-corrected chi connectivity index (χ2v) is 9.20. The number of nitrogens with zero attached hydrogens (tertiary/aromatic N) is 3. The van der Waals surface area contributed by atoms with Crippen LogP contribution in [0.25, 0.3) is 11.0 Å². The van der Waals surface area contributed by atoms with Crippen molar-refractivity contribution in [2.24, 2.45) is 0 Å². The highest BCUT2D eigenvalue weighted by Gasteiger charge is 2.34. The number of para-hydroxylation sites is 2. The van der Waals surface area contributed by atoms with E-state index in [4.69, 9.17) is 9.72 Å². The van der Waals surface area contributed by atoms with Crippen molar-refractivity contribution in [1.82, 2.24) is 9.55 Å². The number of ether oxygens (including phenoxy) is 1. The zero-order valence-corrected chi connectivity index (χ0v) is 20.1. The summed E-state index contributed by atoms with van der Waals surface area (Å²) < 4.78 is 7.56. The van der Waals surface area contributed by atoms with Gasteiger partial charge in [-0.1, -0.05) is 50.2 Å². The van der Waals surface area contributed by atoms with Gasteiger partial charge in [0.05, 0.1) is 18.1 Å². The number of fused-ring (bicyclic) bond motifs is 1. The smallest absolute Gasteiger partial charge is 0.227 e. The largest absolute Gasteiger partial charge is 0.497 e. The van der Waals surface area contributed by atoms with Crippen molar-refractivity contribution >= 4 is 22.6 Å². The van der Waals surface area contributed by atoms with Crippen LogP contribution in [-0.4, -0.2) is 29.1 Å². The van der Waals surface area contributed by atoms with Gasteiger partial charge in [-0.15, -0.1) is 0 Å². The van der Waals surface area contributed by atoms with E-state index in [1.165, 1.54) is 11.1 Å². The zero-order chi connectivity index (χ0) is 23.7. The van der Waals surface area contributed by atoms with Crippen LogP contribution < -0.4 is 9.64 Å². The maximum absolute atomic E-state index is 13.0. The van der Waals surface area contributed by atoms with Crippen molar-refractivity contribution in [2.45, 2.75) is 45.1 Å². The van der Waals surface area contributed by atoms with Crippen molar-refractivity contribution in [2.75, 3.05) is 18.6 Å². The molecule has 1 fully saturated rings. The van der Waals surface area contributed by atoms with Gasteiger partial charge in [-0.25, -0.2) is 4.98 Å². The molecule has 3 aromatic carbocycles. The van der Waals surface area contributed by atoms with Crippen molar-refractivity contribution in [3.63, 3.8) is 0 Å². The summed E-state index contributed by atoms with van der Waals surface area (Å²) in [6, 6.07) is 24.9. The van der Waals surface area contributed by atoms with Crippen LogP contribution in [0, 0.1) is 0 Å². The number of hydrogen-bond donors (Lipinski definition) is 0. The molecule has 0 saturated carbocycles. The zero-order valence-electron chi connectivity index (χ0n) is 20.1. The van der Waals surface area contributed by atoms with E-state index in [0.717, 1.165) is 41.3 Å². The third-order valence-corrected chi connectivity index (χ3v) is 7.06. The van der Waals surface area contributed by atoms with E-state index in [1.807, 2.05) is 35.2 Å². The molecule has 2 heterocycles. The third-order valence-electron chi connectivity index (χ3n) is 7.06. The van der Waals surface area contributed by atoms with Crippen molar-refractivity contribution in [3.8, 4) is 5.75 Å². The summed E-state index contributed by atoms with van der Waals surface area (Å²) in [5.41, 5.74) is 5.60. The molecule has 0 spiro atoms. The van der Waals surface area contributed by atoms with Crippen molar-refractivity contribution in [3.05, 3.63) is 89.7 Å². The fourth-order valence-corrected chi connectivity index (χ4v) is 4.83. The average Bonchev–Trinajstić information content (AvgIpc) is 3.44. The molecule has 5 rings (SSSR count). The molecule has 1 aliphatic heterocycles. The molecular weight excluding hydrogens is 422 g/mol. The molecule has 34 heavy (non-hydrogen) atoms. The first-order chi connectivity index (χ1) is 16.6. The van der Waals surface area contributed by atoms with Gasteiger partial charge in [0.15, 0.2) is 0 Å². The summed E-state index contributed by atoms with van der Waals surface area (Å²) >= 11 is 0. The van der Waals surface area contributed by atoms with Crippen LogP contribution in [0.1, 0.15) is 55.5 Å². The molecule has 5 nitrogen and oxygen atoms in total. The molecule has 1 amide bonds. The molecule has 174 valence electrons. The molecule has 1 aliphatic rings. The summed E-state index contributed by atoms with van der Waals surface area (Å²) in [4.78, 5) is 19.9. The van der Waals surface area contributed by atoms with E-state index >= 15 is 0 Å². The Hall–Kier alpha value is -3.60. The van der Waals surface area contributed by atoms with Gasteiger partial charge in [0.1, 0.15) is 11.6 Å². The minimum Gasteiger partial charge on any atom is -0.497 e. The first-order valence-electron chi connectivity index (χ1n) is 12.1. The predicted octanol–water partition coefficient (Wildman–Crippen LogP) is 6.13. The van der Waals surface area contributed by atoms with Gasteiger partial charge in [0, 0.05) is 31.1 Å². The molecule has 1 saturated heterocycles. The Labute approximate surface area is 201 Å². The van der Waals surface area contributed by atoms with Gasteiger partial charge in [0.2, 0.25) is 5.91 Å². The van der Waals surface area contributed by atoms with E-state index in [2.05, 4.69) is 60.9 Å². The van der Waals surface area contributed by atoms with E-state index in [-0.39, 0.29) is 11.8 Å². The van der Waals surface area contributed by atoms with E-state index < -0.39 is 0 Å². The van der Waals surface area contributed by atoms with Gasteiger partial charge in [0.25, 0.3) is 0 Å². The van der Waals surface area contributed by atoms with E-state index in [0.29, 0.717) is 18.9 Å². The normalized spacial score (nSPS) is 16.9. The highest BCUT2D eigenvalue weighted by atomic mass is 16.5. The number of methoxy groups -OCH3 is 1. The lowest BCUT2D eigenvalue weighted by molar-refractivity contribution is -0.117. The predicted molar refractivity (Wildman–Crippen MR) is 137 cm³/mol. The Bertz CT molecular complexity index is 1290. The van der Waals surface area contributed by atoms with Gasteiger partial charge < -0.3 is 14.2 Å². The van der Waals surface area contributed by atoms with E-state index in [1.54, 1.807) is 7.11 Å². The number of carbonyl (C=O) groups is 1. The number of aromatic nitrogens is 2. The molecule has 1 aromatic heterocycles. The van der Waals surface area contributed by atoms with E-state index in [9.17, 15) is 4.79 Å². The lowest BCUT2D eigenvalue weighted by Gasteiger charge is -2.18. The minimum atomic E-state index is 0.0430. The number of amides is 1. The van der Waals surface area contributed by atoms with Crippen LogP contribution in [0.4, 0.5) is 5.69 Å². The Morgan fingerprint density at radius 2 is 1.76 bits per heavy atom. The Morgan fingerprint density at radius 3 is 2.47 bits per heavy atom. The van der Waals surface area contributed by atoms with Gasteiger partial charge in [-0.05, 0) is 59.9 Å². The summed E-state index contributed by atoms with van der Waals surface area (Å²) in [6.45, 7) is 5.86. The van der Waals surface area contributed by atoms with Crippen molar-refractivity contribution < 1.29 is 9.53 Å². The topological polar surface area (TPSA) is 47.4 Å². The molecular formula is C29H31N3O2. The molecule has 4 aromatic rings. The number of rotatable bonds is 7. The number of carbonyl (C=O) groups excluding carboxylic acids is 1. The quantitative estimate of drug-likeness (QED) is 0.338. The van der Waals surface area contributed by atoms with Crippen LogP contribution >= 0.6 is 0 Å². The first-order valence-corrected chi connectivity index (χ1v) is 12.1. The van der Waals surface area contributed by atoms with Crippen LogP contribution in [0.3, 0.4) is 0 Å². The number of benzene rings is 3. The maximum Gasteiger partial charge on any atom is 0.227 e. The second-order valence-electron chi connectivity index (χ2n) is 9.20. The van der Waals surface area contributed by atoms with Gasteiger partial charge in [-0.3, -0.25) is 4.79 Å². The molecule has 2 atom stereocenters. The number of imidazole rings is 1. The van der Waals surface area contributed by atoms with Crippen LogP contribution in [0.15, 0.2) is 72.8 Å². The summed E-state index contributed by atoms with van der Waals surface area (Å²) in [5.74, 6) is 2.50. The molecule has 0 radical (unpaired) electrons. The standard InChI is InChI=1S/C29H31N3O2/c1-4-20(2)22-11-9-21(10-12-22)18-32-27-8-6-5-7-26(27)30-29(32)23-17-28(33)31(19-23)24-13-15-25(34-3)16-14-24/h5-16,20,23H,4,17-19H2,1-3H3. The first kappa shape index (κ1) is 22.2. The molecule has 5 heteroatoms. The Morgan fingerprint density at radius 1 is 1.03 bits per heavy atom. The highest BCUT2D eigenvalue weighted by molar-refractivity contribution is 5.96. The molecule has 0 bridgehead atoms. The van der Waals surface area contributed by atoms with Crippen LogP contribution in [-0.2, 0) is 11.3 Å². The minimum absolute atomic E-state index is 0.0430. The monoisotopic (exact) mass is 453 g/mol. The average molecular weight is 454 g/mol. The fraction of sp³-hybridized carbons (Fsp3) is 0.310. The van der Waals surface area contributed by atoms with Crippen LogP contribution in [0.2, 0.25) is 0 Å². The Balaban J connectivity index is 1.45. The molecule has 2 unspecified atom stereocenters. The second kappa shape index (κ2) is 9.34. The third kappa shape index (κ3) is 4.18. The van der Waals surface area contributed by atoms with Gasteiger partial charge in [-0.2, -0.15) is 0 Å².